The van der Waals surface area contributed by atoms with Gasteiger partial charge in [0.05, 0.1) is 40.9 Å². The number of benzene rings is 2. The number of nitrogens with zero attached hydrogens (tertiary/aromatic N) is 1. The number of halogens is 1. The molecule has 5 rings (SSSR count). The van der Waals surface area contributed by atoms with Crippen LogP contribution in [0.2, 0.25) is 6.32 Å². The highest BCUT2D eigenvalue weighted by Crippen LogP contribution is 2.51. The molecule has 0 bridgehead atoms. The van der Waals surface area contributed by atoms with Gasteiger partial charge in [0.25, 0.3) is 0 Å². The van der Waals surface area contributed by atoms with Crippen LogP contribution in [0.4, 0.5) is 5.69 Å². The fourth-order valence-corrected chi connectivity index (χ4v) is 6.92. The van der Waals surface area contributed by atoms with Crippen molar-refractivity contribution in [3.05, 3.63) is 68.3 Å². The molecule has 39 heavy (non-hydrogen) atoms. The molecular formula is C29H31BINO7. The van der Waals surface area contributed by atoms with E-state index >= 15 is 0 Å². The van der Waals surface area contributed by atoms with Crippen molar-refractivity contribution < 1.29 is 34.2 Å². The summed E-state index contributed by atoms with van der Waals surface area (Å²) in [5.41, 5.74) is 4.07. The van der Waals surface area contributed by atoms with E-state index in [2.05, 4.69) is 22.6 Å². The fourth-order valence-electron chi connectivity index (χ4n) is 6.29. The molecule has 3 aliphatic rings. The molecule has 0 aromatic heterocycles. The molecule has 0 unspecified atom stereocenters. The van der Waals surface area contributed by atoms with Gasteiger partial charge in [-0.05, 0) is 102 Å². The van der Waals surface area contributed by atoms with E-state index in [0.29, 0.717) is 34.3 Å². The second kappa shape index (κ2) is 11.4. The van der Waals surface area contributed by atoms with Gasteiger partial charge in [-0.25, -0.2) is 0 Å². The predicted molar refractivity (Wildman–Crippen MR) is 156 cm³/mol. The molecule has 8 nitrogen and oxygen atoms in total. The molecule has 4 atom stereocenters. The third-order valence-corrected chi connectivity index (χ3v) is 8.82. The number of phenols is 1. The number of imide groups is 1. The number of rotatable bonds is 7. The van der Waals surface area contributed by atoms with Gasteiger partial charge < -0.3 is 24.6 Å². The first-order chi connectivity index (χ1) is 18.7. The highest BCUT2D eigenvalue weighted by molar-refractivity contribution is 14.1. The van der Waals surface area contributed by atoms with Crippen molar-refractivity contribution in [2.75, 3.05) is 18.6 Å². The van der Waals surface area contributed by atoms with E-state index in [9.17, 15) is 24.8 Å². The molecule has 204 valence electrons. The highest BCUT2D eigenvalue weighted by atomic mass is 127. The Kier molecular flexibility index (Phi) is 8.18. The average Bonchev–Trinajstić information content (AvgIpc) is 3.18. The maximum Gasteiger partial charge on any atom is 0.455 e. The first-order valence-electron chi connectivity index (χ1n) is 13.1. The van der Waals surface area contributed by atoms with Crippen LogP contribution in [-0.4, -0.2) is 54.0 Å². The van der Waals surface area contributed by atoms with Crippen molar-refractivity contribution in [2.24, 2.45) is 17.8 Å². The lowest BCUT2D eigenvalue weighted by Gasteiger charge is -2.42. The zero-order valence-corrected chi connectivity index (χ0v) is 24.0. The number of fused-ring (bicyclic) bond motifs is 3. The van der Waals surface area contributed by atoms with Crippen molar-refractivity contribution in [1.29, 1.82) is 0 Å². The topological polar surface area (TPSA) is 117 Å². The fraction of sp³-hybridized carbons (Fsp3) is 0.379. The number of para-hydroxylation sites is 1. The van der Waals surface area contributed by atoms with Crippen molar-refractivity contribution in [1.82, 2.24) is 0 Å². The minimum absolute atomic E-state index is 0.105. The Balaban J connectivity index is 1.40. The lowest BCUT2D eigenvalue weighted by molar-refractivity contribution is -0.122. The minimum Gasteiger partial charge on any atom is -0.504 e. The first-order valence-corrected chi connectivity index (χ1v) is 14.1. The van der Waals surface area contributed by atoms with Crippen LogP contribution in [0, 0.1) is 21.3 Å². The number of carbonyl (C=O) groups excluding carboxylic acids is 2. The monoisotopic (exact) mass is 643 g/mol. The summed E-state index contributed by atoms with van der Waals surface area (Å²) in [5, 5.41) is 31.1. The van der Waals surface area contributed by atoms with Gasteiger partial charge in [-0.3, -0.25) is 14.5 Å². The zero-order chi connectivity index (χ0) is 27.8. The number of phenolic OH excluding ortho intramolecular Hbond substituents is 1. The molecule has 2 amide bonds. The van der Waals surface area contributed by atoms with Crippen molar-refractivity contribution >= 4 is 53.3 Å². The Labute approximate surface area is 241 Å². The molecule has 2 heterocycles. The Bertz CT molecular complexity index is 1340. The number of aromatic hydroxyl groups is 1. The molecule has 2 aliphatic heterocycles. The lowest BCUT2D eigenvalue weighted by atomic mass is 9.58. The summed E-state index contributed by atoms with van der Waals surface area (Å²) >= 11 is 2.06. The van der Waals surface area contributed by atoms with Crippen LogP contribution in [-0.2, 0) is 14.2 Å². The van der Waals surface area contributed by atoms with E-state index in [1.165, 1.54) is 12.0 Å². The summed E-state index contributed by atoms with van der Waals surface area (Å²) in [6.07, 6.45) is 3.23. The van der Waals surface area contributed by atoms with Gasteiger partial charge in [0.15, 0.2) is 11.5 Å². The third kappa shape index (κ3) is 5.27. The molecule has 2 fully saturated rings. The van der Waals surface area contributed by atoms with Crippen LogP contribution in [0.1, 0.15) is 31.7 Å². The largest absolute Gasteiger partial charge is 0.504 e. The first kappa shape index (κ1) is 27.9. The van der Waals surface area contributed by atoms with Crippen molar-refractivity contribution in [3.8, 4) is 11.5 Å². The van der Waals surface area contributed by atoms with Crippen LogP contribution >= 0.6 is 22.6 Å². The van der Waals surface area contributed by atoms with Crippen LogP contribution in [0.25, 0.3) is 6.08 Å². The molecule has 0 radical (unpaired) electrons. The summed E-state index contributed by atoms with van der Waals surface area (Å²) < 4.78 is 11.9. The van der Waals surface area contributed by atoms with Gasteiger partial charge in [0, 0.05) is 0 Å². The maximum atomic E-state index is 13.6. The molecule has 10 heteroatoms. The Morgan fingerprint density at radius 2 is 1.95 bits per heavy atom. The van der Waals surface area contributed by atoms with Crippen LogP contribution in [0.5, 0.6) is 11.5 Å². The number of aliphatic hydroxyl groups is 1. The molecule has 2 saturated heterocycles. The van der Waals surface area contributed by atoms with Gasteiger partial charge in [0.2, 0.25) is 11.8 Å². The van der Waals surface area contributed by atoms with E-state index in [0.717, 1.165) is 22.3 Å². The van der Waals surface area contributed by atoms with E-state index in [-0.39, 0.29) is 36.4 Å². The summed E-state index contributed by atoms with van der Waals surface area (Å²) in [6.45, 7) is 1.77. The summed E-state index contributed by atoms with van der Waals surface area (Å²) in [5.74, 6) is -1.53. The van der Waals surface area contributed by atoms with Gasteiger partial charge in [-0.15, -0.1) is 0 Å². The van der Waals surface area contributed by atoms with Gasteiger partial charge in [-0.1, -0.05) is 29.8 Å². The third-order valence-electron chi connectivity index (χ3n) is 8.00. The molecule has 2 aromatic rings. The van der Waals surface area contributed by atoms with Crippen LogP contribution in [0.3, 0.4) is 0 Å². The number of carbonyl (C=O) groups is 2. The molecule has 1 aliphatic carbocycles. The summed E-state index contributed by atoms with van der Waals surface area (Å²) in [7, 11) is 0.444. The standard InChI is InChI=1S/C29H31BINO7/c1-16(10-17-11-22(31)27(34)24(12-17)38-2)8-9-23-25-18(15-33)13-20-26(21(25)14-30(37)39-23)29(36)32(28(20)35)19-6-4-3-5-7-19/h3-7,10-12,20-21,23,26,33-34,37H,8-9,13-15H2,1-2H3/b16-10+/t20-,21+,23-,26-/m1/s1. The second-order valence-electron chi connectivity index (χ2n) is 10.4. The number of anilines is 1. The number of amides is 2. The number of ether oxygens (including phenoxy) is 1. The van der Waals surface area contributed by atoms with Gasteiger partial charge in [-0.2, -0.15) is 0 Å². The molecule has 2 aromatic carbocycles. The molecular weight excluding hydrogens is 612 g/mol. The normalized spacial score (nSPS) is 25.2. The van der Waals surface area contributed by atoms with Crippen LogP contribution in [0.15, 0.2) is 59.2 Å². The Morgan fingerprint density at radius 3 is 2.64 bits per heavy atom. The number of aliphatic hydroxyl groups excluding tert-OH is 1. The van der Waals surface area contributed by atoms with Crippen LogP contribution < -0.4 is 9.64 Å². The number of hydrogen-bond donors (Lipinski definition) is 3. The van der Waals surface area contributed by atoms with Crippen molar-refractivity contribution in [2.45, 2.75) is 38.6 Å². The number of hydrogen-bond acceptors (Lipinski definition) is 7. The number of methoxy groups -OCH3 is 1. The highest BCUT2D eigenvalue weighted by Gasteiger charge is 2.57. The van der Waals surface area contributed by atoms with E-state index in [1.54, 1.807) is 30.3 Å². The lowest BCUT2D eigenvalue weighted by Crippen LogP contribution is -2.46. The quantitative estimate of drug-likeness (QED) is 0.180. The minimum atomic E-state index is -1.07. The van der Waals surface area contributed by atoms with Crippen molar-refractivity contribution in [3.63, 3.8) is 0 Å². The van der Waals surface area contributed by atoms with Gasteiger partial charge in [0.1, 0.15) is 0 Å². The summed E-state index contributed by atoms with van der Waals surface area (Å²) in [4.78, 5) is 28.3. The average molecular weight is 643 g/mol. The zero-order valence-electron chi connectivity index (χ0n) is 21.8. The smallest absolute Gasteiger partial charge is 0.455 e. The molecule has 0 spiro atoms. The Morgan fingerprint density at radius 1 is 1.21 bits per heavy atom. The molecule has 0 saturated carbocycles. The SMILES string of the molecule is COc1cc(/C=C(\C)CC[C@H]2OB(O)C[C@H]3C2=C(CO)C[C@H]2C(=O)N(c4ccccc4)C(=O)[C@H]23)cc(I)c1O. The Hall–Kier alpha value is -2.67. The summed E-state index contributed by atoms with van der Waals surface area (Å²) in [6, 6.07) is 12.5. The second-order valence-corrected chi connectivity index (χ2v) is 11.6. The number of allylic oxidation sites excluding steroid dienone is 1. The predicted octanol–water partition coefficient (Wildman–Crippen LogP) is 4.18. The van der Waals surface area contributed by atoms with E-state index in [1.807, 2.05) is 25.1 Å². The van der Waals surface area contributed by atoms with E-state index in [4.69, 9.17) is 9.39 Å². The molecule has 3 N–H and O–H groups in total. The maximum absolute atomic E-state index is 13.6. The van der Waals surface area contributed by atoms with E-state index < -0.39 is 25.1 Å². The van der Waals surface area contributed by atoms with Gasteiger partial charge >= 0.3 is 7.12 Å².